The third kappa shape index (κ3) is 6.10. The molecule has 2 N–H and O–H groups in total. The molecule has 17 heavy (non-hydrogen) atoms. The quantitative estimate of drug-likeness (QED) is 0.819. The first-order valence-corrected chi connectivity index (χ1v) is 9.38. The van der Waals surface area contributed by atoms with Crippen LogP contribution in [0.4, 0.5) is 0 Å². The molecule has 0 radical (unpaired) electrons. The molecule has 1 atom stereocenters. The van der Waals surface area contributed by atoms with E-state index in [1.807, 2.05) is 12.1 Å². The van der Waals surface area contributed by atoms with Gasteiger partial charge in [0.1, 0.15) is 5.75 Å². The minimum absolute atomic E-state index is 0. The van der Waals surface area contributed by atoms with Gasteiger partial charge in [-0.25, -0.2) is 0 Å². The zero-order chi connectivity index (χ0) is 12.2. The highest BCUT2D eigenvalue weighted by atomic mass is 35.5. The van der Waals surface area contributed by atoms with E-state index in [-0.39, 0.29) is 18.4 Å². The first-order valence-electron chi connectivity index (χ1n) is 5.97. The summed E-state index contributed by atoms with van der Waals surface area (Å²) in [5, 5.41) is 0. The monoisotopic (exact) mass is 273 g/mol. The van der Waals surface area contributed by atoms with Crippen molar-refractivity contribution in [3.05, 3.63) is 29.8 Å². The van der Waals surface area contributed by atoms with Crippen LogP contribution in [0.3, 0.4) is 0 Å². The van der Waals surface area contributed by atoms with Gasteiger partial charge >= 0.3 is 0 Å². The molecule has 2 nitrogen and oxygen atoms in total. The van der Waals surface area contributed by atoms with Crippen LogP contribution in [-0.2, 0) is 0 Å². The maximum absolute atomic E-state index is 6.05. The molecule has 0 unspecified atom stereocenters. The highest BCUT2D eigenvalue weighted by Gasteiger charge is 2.16. The lowest BCUT2D eigenvalue weighted by Crippen LogP contribution is -2.29. The first-order chi connectivity index (χ1) is 7.42. The van der Waals surface area contributed by atoms with Crippen molar-refractivity contribution in [2.75, 3.05) is 0 Å². The molecule has 0 aromatic heterocycles. The number of hydrogen-bond donors (Lipinski definition) is 1. The Balaban J connectivity index is 0.00000256. The fourth-order valence-corrected chi connectivity index (χ4v) is 2.46. The maximum Gasteiger partial charge on any atom is 0.242 e. The van der Waals surface area contributed by atoms with Crippen molar-refractivity contribution in [2.24, 2.45) is 5.73 Å². The van der Waals surface area contributed by atoms with Gasteiger partial charge in [-0.05, 0) is 43.8 Å². The maximum atomic E-state index is 6.05. The highest BCUT2D eigenvalue weighted by Crippen LogP contribution is 2.21. The van der Waals surface area contributed by atoms with Crippen LogP contribution in [0.2, 0.25) is 19.6 Å². The van der Waals surface area contributed by atoms with Gasteiger partial charge in [-0.2, -0.15) is 0 Å². The average Bonchev–Trinajstić information content (AvgIpc) is 2.16. The van der Waals surface area contributed by atoms with Crippen LogP contribution in [0.25, 0.3) is 0 Å². The molecule has 0 heterocycles. The largest absolute Gasteiger partial charge is 0.544 e. The Hall–Kier alpha value is -0.513. The van der Waals surface area contributed by atoms with Gasteiger partial charge in [0.25, 0.3) is 0 Å². The lowest BCUT2D eigenvalue weighted by Gasteiger charge is -2.19. The normalized spacial score (nSPS) is 12.8. The molecule has 0 aliphatic carbocycles. The third-order valence-electron chi connectivity index (χ3n) is 2.33. The van der Waals surface area contributed by atoms with Crippen LogP contribution in [0.15, 0.2) is 24.3 Å². The molecule has 0 aliphatic heterocycles. The van der Waals surface area contributed by atoms with E-state index < -0.39 is 8.32 Å². The van der Waals surface area contributed by atoms with Gasteiger partial charge < -0.3 is 10.2 Å². The third-order valence-corrected chi connectivity index (χ3v) is 3.18. The van der Waals surface area contributed by atoms with Crippen molar-refractivity contribution in [1.29, 1.82) is 0 Å². The van der Waals surface area contributed by atoms with E-state index in [0.717, 1.165) is 18.6 Å². The van der Waals surface area contributed by atoms with Crippen LogP contribution in [0.5, 0.6) is 5.75 Å². The van der Waals surface area contributed by atoms with Gasteiger partial charge in [-0.3, -0.25) is 0 Å². The molecule has 0 amide bonds. The fourth-order valence-electron chi connectivity index (χ4n) is 1.61. The van der Waals surface area contributed by atoms with Gasteiger partial charge in [-0.15, -0.1) is 12.4 Å². The summed E-state index contributed by atoms with van der Waals surface area (Å²) in [7, 11) is -1.49. The van der Waals surface area contributed by atoms with Crippen molar-refractivity contribution in [1.82, 2.24) is 0 Å². The predicted octanol–water partition coefficient (Wildman–Crippen LogP) is 4.12. The lowest BCUT2D eigenvalue weighted by molar-refractivity contribution is 0.556. The van der Waals surface area contributed by atoms with E-state index >= 15 is 0 Å². The number of hydrogen-bond acceptors (Lipinski definition) is 2. The molecule has 0 fully saturated rings. The molecular weight excluding hydrogens is 250 g/mol. The zero-order valence-electron chi connectivity index (χ0n) is 11.2. The summed E-state index contributed by atoms with van der Waals surface area (Å²) in [5.41, 5.74) is 7.25. The second-order valence-corrected chi connectivity index (χ2v) is 9.61. The minimum Gasteiger partial charge on any atom is -0.544 e. The van der Waals surface area contributed by atoms with Gasteiger partial charge in [0.15, 0.2) is 0 Å². The highest BCUT2D eigenvalue weighted by molar-refractivity contribution is 6.70. The van der Waals surface area contributed by atoms with Crippen molar-refractivity contribution < 1.29 is 4.43 Å². The second kappa shape index (κ2) is 7.04. The molecular formula is C13H24ClNOSi. The lowest BCUT2D eigenvalue weighted by atomic mass is 10.0. The molecule has 0 aliphatic rings. The standard InChI is InChI=1S/C13H23NOSi.ClH/c1-5-6-13(14)11-7-9-12(10-8-11)15-16(2,3)4;/h7-10,13H,5-6,14H2,1-4H3;1H/t13-;/m0./s1. The minimum atomic E-state index is -1.49. The van der Waals surface area contributed by atoms with Crippen LogP contribution in [-0.4, -0.2) is 8.32 Å². The van der Waals surface area contributed by atoms with Crippen molar-refractivity contribution in [3.8, 4) is 5.75 Å². The molecule has 1 rings (SSSR count). The van der Waals surface area contributed by atoms with E-state index in [2.05, 4.69) is 38.7 Å². The van der Waals surface area contributed by atoms with Crippen molar-refractivity contribution in [2.45, 2.75) is 45.4 Å². The Bertz CT molecular complexity index is 321. The van der Waals surface area contributed by atoms with Crippen molar-refractivity contribution in [3.63, 3.8) is 0 Å². The SMILES string of the molecule is CCC[C@H](N)c1ccc(O[Si](C)(C)C)cc1.Cl. The Morgan fingerprint density at radius 3 is 2.12 bits per heavy atom. The Kier molecular flexibility index (Phi) is 6.83. The van der Waals surface area contributed by atoms with Gasteiger partial charge in [0.05, 0.1) is 0 Å². The van der Waals surface area contributed by atoms with Crippen molar-refractivity contribution >= 4 is 20.7 Å². The summed E-state index contributed by atoms with van der Waals surface area (Å²) in [6.45, 7) is 8.71. The smallest absolute Gasteiger partial charge is 0.242 e. The topological polar surface area (TPSA) is 35.2 Å². The summed E-state index contributed by atoms with van der Waals surface area (Å²) < 4.78 is 5.89. The van der Waals surface area contributed by atoms with Gasteiger partial charge in [0.2, 0.25) is 8.32 Å². The number of rotatable bonds is 5. The first kappa shape index (κ1) is 16.5. The molecule has 0 saturated carbocycles. The van der Waals surface area contributed by atoms with Crippen LogP contribution < -0.4 is 10.2 Å². The van der Waals surface area contributed by atoms with E-state index in [1.165, 1.54) is 5.56 Å². The van der Waals surface area contributed by atoms with E-state index in [1.54, 1.807) is 0 Å². The molecule has 98 valence electrons. The summed E-state index contributed by atoms with van der Waals surface area (Å²) in [6, 6.07) is 8.38. The molecule has 1 aromatic rings. The number of benzene rings is 1. The van der Waals surface area contributed by atoms with Crippen LogP contribution in [0.1, 0.15) is 31.4 Å². The Morgan fingerprint density at radius 2 is 1.71 bits per heavy atom. The van der Waals surface area contributed by atoms with E-state index in [9.17, 15) is 0 Å². The Morgan fingerprint density at radius 1 is 1.18 bits per heavy atom. The predicted molar refractivity (Wildman–Crippen MR) is 79.5 cm³/mol. The molecule has 0 bridgehead atoms. The average molecular weight is 274 g/mol. The van der Waals surface area contributed by atoms with Crippen LogP contribution in [0, 0.1) is 0 Å². The molecule has 1 aromatic carbocycles. The molecule has 0 spiro atoms. The fraction of sp³-hybridized carbons (Fsp3) is 0.538. The van der Waals surface area contributed by atoms with E-state index in [4.69, 9.17) is 10.2 Å². The van der Waals surface area contributed by atoms with E-state index in [0.29, 0.717) is 0 Å². The summed E-state index contributed by atoms with van der Waals surface area (Å²) >= 11 is 0. The summed E-state index contributed by atoms with van der Waals surface area (Å²) in [6.07, 6.45) is 2.16. The number of halogens is 1. The Labute approximate surface area is 112 Å². The number of nitrogens with two attached hydrogens (primary N) is 1. The second-order valence-electron chi connectivity index (χ2n) is 5.18. The zero-order valence-corrected chi connectivity index (χ0v) is 13.0. The van der Waals surface area contributed by atoms with Gasteiger partial charge in [0, 0.05) is 6.04 Å². The summed E-state index contributed by atoms with van der Waals surface area (Å²) in [5.74, 6) is 0.964. The van der Waals surface area contributed by atoms with Crippen LogP contribution >= 0.6 is 12.4 Å². The molecule has 0 saturated heterocycles. The molecule has 4 heteroatoms. The summed E-state index contributed by atoms with van der Waals surface area (Å²) in [4.78, 5) is 0. The van der Waals surface area contributed by atoms with Gasteiger partial charge in [-0.1, -0.05) is 25.5 Å².